The van der Waals surface area contributed by atoms with Crippen LogP contribution in [-0.4, -0.2) is 22.3 Å². The van der Waals surface area contributed by atoms with E-state index < -0.39 is 17.7 Å². The van der Waals surface area contributed by atoms with Gasteiger partial charge in [0.1, 0.15) is 11.6 Å². The highest BCUT2D eigenvalue weighted by atomic mass is 79.9. The van der Waals surface area contributed by atoms with Crippen LogP contribution in [0.3, 0.4) is 0 Å². The van der Waals surface area contributed by atoms with Crippen LogP contribution >= 0.6 is 15.9 Å². The first-order chi connectivity index (χ1) is 13.0. The van der Waals surface area contributed by atoms with E-state index in [0.29, 0.717) is 24.9 Å². The van der Waals surface area contributed by atoms with Gasteiger partial charge in [0.25, 0.3) is 0 Å². The number of H-pyrrole nitrogens is 1. The Bertz CT molecular complexity index is 1010. The minimum absolute atomic E-state index is 0.00217. The summed E-state index contributed by atoms with van der Waals surface area (Å²) in [6, 6.07) is 8.92. The lowest BCUT2D eigenvalue weighted by Gasteiger charge is -2.36. The molecule has 6 heteroatoms. The van der Waals surface area contributed by atoms with Gasteiger partial charge >= 0.3 is 0 Å². The molecular weight excluding hydrogens is 414 g/mol. The Morgan fingerprint density at radius 2 is 1.96 bits per heavy atom. The summed E-state index contributed by atoms with van der Waals surface area (Å²) in [5.74, 6) is -1.28. The van der Waals surface area contributed by atoms with Gasteiger partial charge < -0.3 is 9.88 Å². The Balaban J connectivity index is 1.91. The zero-order chi connectivity index (χ0) is 19.1. The molecule has 0 spiro atoms. The van der Waals surface area contributed by atoms with Crippen molar-refractivity contribution in [2.24, 2.45) is 0 Å². The normalized spacial score (nSPS) is 16.6. The molecule has 0 saturated carbocycles. The molecule has 1 aliphatic heterocycles. The van der Waals surface area contributed by atoms with Crippen LogP contribution in [0, 0.1) is 11.6 Å². The first-order valence-corrected chi connectivity index (χ1v) is 9.82. The molecule has 1 atom stereocenters. The second-order valence-electron chi connectivity index (χ2n) is 6.90. The molecular formula is C21H19BrF2N2O. The van der Waals surface area contributed by atoms with Crippen LogP contribution in [0.2, 0.25) is 0 Å². The Kier molecular flexibility index (Phi) is 4.76. The third kappa shape index (κ3) is 3.27. The molecule has 4 rings (SSSR count). The zero-order valence-corrected chi connectivity index (χ0v) is 16.4. The van der Waals surface area contributed by atoms with Gasteiger partial charge in [0.05, 0.1) is 6.04 Å². The number of carbonyl (C=O) groups excluding carboxylic acids is 1. The van der Waals surface area contributed by atoms with Gasteiger partial charge in [-0.15, -0.1) is 0 Å². The van der Waals surface area contributed by atoms with Crippen molar-refractivity contribution in [1.82, 2.24) is 9.88 Å². The van der Waals surface area contributed by atoms with Gasteiger partial charge in [-0.3, -0.25) is 4.79 Å². The lowest BCUT2D eigenvalue weighted by molar-refractivity contribution is -0.133. The first kappa shape index (κ1) is 18.2. The van der Waals surface area contributed by atoms with E-state index in [0.717, 1.165) is 39.1 Å². The third-order valence-electron chi connectivity index (χ3n) is 5.07. The zero-order valence-electron chi connectivity index (χ0n) is 14.9. The molecule has 3 aromatic rings. The van der Waals surface area contributed by atoms with Crippen molar-refractivity contribution in [2.45, 2.75) is 32.2 Å². The highest BCUT2D eigenvalue weighted by Gasteiger charge is 2.34. The average Bonchev–Trinajstić information content (AvgIpc) is 2.98. The van der Waals surface area contributed by atoms with Crippen molar-refractivity contribution >= 4 is 32.7 Å². The van der Waals surface area contributed by atoms with Crippen molar-refractivity contribution in [3.8, 4) is 0 Å². The third-order valence-corrected chi connectivity index (χ3v) is 5.57. The fraction of sp³-hybridized carbons (Fsp3) is 0.286. The molecule has 2 aromatic carbocycles. The number of rotatable bonds is 3. The Morgan fingerprint density at radius 3 is 2.67 bits per heavy atom. The molecule has 140 valence electrons. The summed E-state index contributed by atoms with van der Waals surface area (Å²) >= 11 is 3.50. The van der Waals surface area contributed by atoms with Crippen LogP contribution in [0.4, 0.5) is 8.78 Å². The van der Waals surface area contributed by atoms with E-state index in [1.807, 2.05) is 25.1 Å². The Labute approximate surface area is 164 Å². The summed E-state index contributed by atoms with van der Waals surface area (Å²) in [6.45, 7) is 2.47. The van der Waals surface area contributed by atoms with Gasteiger partial charge in [0, 0.05) is 40.1 Å². The summed E-state index contributed by atoms with van der Waals surface area (Å²) in [4.78, 5) is 17.9. The van der Waals surface area contributed by atoms with Gasteiger partial charge in [-0.25, -0.2) is 8.78 Å². The van der Waals surface area contributed by atoms with Crippen LogP contribution in [0.15, 0.2) is 40.9 Å². The largest absolute Gasteiger partial charge is 0.356 e. The fourth-order valence-corrected chi connectivity index (χ4v) is 4.33. The van der Waals surface area contributed by atoms with Gasteiger partial charge in [-0.05, 0) is 54.3 Å². The van der Waals surface area contributed by atoms with Crippen molar-refractivity contribution in [3.63, 3.8) is 0 Å². The van der Waals surface area contributed by atoms with E-state index in [2.05, 4.69) is 20.9 Å². The maximum absolute atomic E-state index is 13.9. The minimum Gasteiger partial charge on any atom is -0.356 e. The SMILES string of the molecule is CCCC(=O)N1CCc2c([nH]c3ccc(Br)cc23)C1c1cc(F)cc(F)c1. The van der Waals surface area contributed by atoms with Crippen molar-refractivity contribution in [3.05, 3.63) is 69.3 Å². The predicted octanol–water partition coefficient (Wildman–Crippen LogP) is 5.48. The Morgan fingerprint density at radius 1 is 1.22 bits per heavy atom. The lowest BCUT2D eigenvalue weighted by atomic mass is 9.92. The number of nitrogens with zero attached hydrogens (tertiary/aromatic N) is 1. The van der Waals surface area contributed by atoms with Crippen molar-refractivity contribution < 1.29 is 13.6 Å². The number of hydrogen-bond acceptors (Lipinski definition) is 1. The number of aromatic amines is 1. The summed E-state index contributed by atoms with van der Waals surface area (Å²) in [7, 11) is 0. The fourth-order valence-electron chi connectivity index (χ4n) is 3.97. The first-order valence-electron chi connectivity index (χ1n) is 9.03. The number of fused-ring (bicyclic) bond motifs is 3. The molecule has 27 heavy (non-hydrogen) atoms. The number of halogens is 3. The van der Waals surface area contributed by atoms with Gasteiger partial charge in [-0.1, -0.05) is 22.9 Å². The molecule has 0 aliphatic carbocycles. The summed E-state index contributed by atoms with van der Waals surface area (Å²) < 4.78 is 28.8. The van der Waals surface area contributed by atoms with Gasteiger partial charge in [0.15, 0.2) is 0 Å². The van der Waals surface area contributed by atoms with E-state index in [1.54, 1.807) is 4.90 Å². The van der Waals surface area contributed by atoms with Crippen LogP contribution in [0.5, 0.6) is 0 Å². The molecule has 0 fully saturated rings. The van der Waals surface area contributed by atoms with Crippen molar-refractivity contribution in [2.75, 3.05) is 6.54 Å². The Hall–Kier alpha value is -2.21. The highest BCUT2D eigenvalue weighted by molar-refractivity contribution is 9.10. The van der Waals surface area contributed by atoms with Crippen LogP contribution in [0.1, 0.15) is 42.6 Å². The van der Waals surface area contributed by atoms with E-state index in [4.69, 9.17) is 0 Å². The lowest BCUT2D eigenvalue weighted by Crippen LogP contribution is -2.40. The van der Waals surface area contributed by atoms with E-state index in [9.17, 15) is 13.6 Å². The van der Waals surface area contributed by atoms with Crippen LogP contribution in [-0.2, 0) is 11.2 Å². The standard InChI is InChI=1S/C21H19BrF2N2O/c1-2-3-19(27)26-7-6-16-17-10-13(22)4-5-18(17)25-20(16)21(26)12-8-14(23)11-15(24)9-12/h4-5,8-11,21,25H,2-3,6-7H2,1H3. The summed E-state index contributed by atoms with van der Waals surface area (Å²) in [5, 5.41) is 1.07. The van der Waals surface area contributed by atoms with Crippen LogP contribution < -0.4 is 0 Å². The molecule has 1 amide bonds. The van der Waals surface area contributed by atoms with E-state index in [-0.39, 0.29) is 5.91 Å². The maximum Gasteiger partial charge on any atom is 0.223 e. The maximum atomic E-state index is 13.9. The molecule has 1 aliphatic rings. The summed E-state index contributed by atoms with van der Waals surface area (Å²) in [5.41, 5.74) is 3.34. The van der Waals surface area contributed by atoms with E-state index in [1.165, 1.54) is 12.1 Å². The molecule has 3 nitrogen and oxygen atoms in total. The number of benzene rings is 2. The quantitative estimate of drug-likeness (QED) is 0.583. The number of amides is 1. The molecule has 0 radical (unpaired) electrons. The number of hydrogen-bond donors (Lipinski definition) is 1. The van der Waals surface area contributed by atoms with Gasteiger partial charge in [-0.2, -0.15) is 0 Å². The second kappa shape index (κ2) is 7.08. The monoisotopic (exact) mass is 432 g/mol. The van der Waals surface area contributed by atoms with Crippen LogP contribution in [0.25, 0.3) is 10.9 Å². The molecule has 2 heterocycles. The highest BCUT2D eigenvalue weighted by Crippen LogP contribution is 2.39. The summed E-state index contributed by atoms with van der Waals surface area (Å²) in [6.07, 6.45) is 1.84. The molecule has 0 saturated heterocycles. The molecule has 1 aromatic heterocycles. The smallest absolute Gasteiger partial charge is 0.223 e. The number of carbonyl (C=O) groups is 1. The van der Waals surface area contributed by atoms with Gasteiger partial charge in [0.2, 0.25) is 5.91 Å². The molecule has 1 N–H and O–H groups in total. The predicted molar refractivity (Wildman–Crippen MR) is 105 cm³/mol. The second-order valence-corrected chi connectivity index (χ2v) is 7.82. The number of aromatic nitrogens is 1. The van der Waals surface area contributed by atoms with E-state index >= 15 is 0 Å². The average molecular weight is 433 g/mol. The topological polar surface area (TPSA) is 36.1 Å². The molecule has 0 bridgehead atoms. The number of nitrogens with one attached hydrogen (secondary N) is 1. The minimum atomic E-state index is -0.640. The van der Waals surface area contributed by atoms with Crippen molar-refractivity contribution in [1.29, 1.82) is 0 Å². The molecule has 1 unspecified atom stereocenters.